The van der Waals surface area contributed by atoms with E-state index in [1.807, 2.05) is 62.4 Å². The summed E-state index contributed by atoms with van der Waals surface area (Å²) in [5.41, 5.74) is 5.00. The molecule has 0 spiro atoms. The number of ether oxygens (including phenoxy) is 4. The van der Waals surface area contributed by atoms with E-state index in [0.717, 1.165) is 72.0 Å². The first-order valence-electron chi connectivity index (χ1n) is 22.5. The highest BCUT2D eigenvalue weighted by atomic mass is 19.1. The number of nitrogens with one attached hydrogen (secondary N) is 2. The Balaban J connectivity index is 0.979. The van der Waals surface area contributed by atoms with Gasteiger partial charge in [-0.2, -0.15) is 0 Å². The summed E-state index contributed by atoms with van der Waals surface area (Å²) in [5.74, 6) is 1.01. The maximum atomic E-state index is 14.7. The summed E-state index contributed by atoms with van der Waals surface area (Å²) >= 11 is 0. The molecule has 4 atom stereocenters. The van der Waals surface area contributed by atoms with Crippen molar-refractivity contribution >= 4 is 33.6 Å². The second kappa shape index (κ2) is 16.6. The summed E-state index contributed by atoms with van der Waals surface area (Å²) in [6, 6.07) is 26.6. The van der Waals surface area contributed by atoms with Gasteiger partial charge >= 0.3 is 0 Å². The first-order valence-corrected chi connectivity index (χ1v) is 22.5. The molecule has 10 rings (SSSR count). The minimum Gasteiger partial charge on any atom is -0.492 e. The zero-order chi connectivity index (χ0) is 45.2. The molecule has 2 aromatic heterocycles. The van der Waals surface area contributed by atoms with Crippen molar-refractivity contribution in [2.75, 3.05) is 54.6 Å². The van der Waals surface area contributed by atoms with Crippen LogP contribution in [0.4, 0.5) is 4.39 Å². The fraction of sp³-hybridized carbons (Fsp3) is 0.385. The highest BCUT2D eigenvalue weighted by Crippen LogP contribution is 2.61. The average Bonchev–Trinajstić information content (AvgIpc) is 4.24. The van der Waals surface area contributed by atoms with Crippen molar-refractivity contribution in [2.45, 2.75) is 75.0 Å². The van der Waals surface area contributed by atoms with Crippen molar-refractivity contribution in [1.29, 1.82) is 0 Å². The molecule has 4 fully saturated rings. The molecule has 2 N–H and O–H groups in total. The third-order valence-electron chi connectivity index (χ3n) is 14.4. The molecule has 0 radical (unpaired) electrons. The van der Waals surface area contributed by atoms with Crippen LogP contribution >= 0.6 is 0 Å². The second-order valence-electron chi connectivity index (χ2n) is 18.5. The Morgan fingerprint density at radius 3 is 1.77 bits per heavy atom. The molecule has 4 aromatic carbocycles. The number of carbonyl (C=O) groups excluding carboxylic acids is 2. The number of halogens is 1. The number of likely N-dealkylation sites (N-methyl/N-ethyl adjacent to an activating group) is 2. The topological polar surface area (TPSA) is 127 Å². The summed E-state index contributed by atoms with van der Waals surface area (Å²) in [7, 11) is 7.30. The van der Waals surface area contributed by atoms with Gasteiger partial charge in [0, 0.05) is 58.1 Å². The minimum absolute atomic E-state index is 0.163. The Morgan fingerprint density at radius 1 is 0.692 bits per heavy atom. The average molecular weight is 879 g/mol. The predicted octanol–water partition coefficient (Wildman–Crippen LogP) is 7.95. The number of pyridine rings is 2. The van der Waals surface area contributed by atoms with Crippen LogP contribution in [0, 0.1) is 19.7 Å². The lowest BCUT2D eigenvalue weighted by molar-refractivity contribution is 0.0767. The highest BCUT2D eigenvalue weighted by molar-refractivity contribution is 5.99. The number of hydrogen-bond acceptors (Lipinski definition) is 10. The third kappa shape index (κ3) is 7.98. The minimum atomic E-state index is -0.924. The lowest BCUT2D eigenvalue weighted by Crippen LogP contribution is -2.48. The van der Waals surface area contributed by atoms with Crippen molar-refractivity contribution in [2.24, 2.45) is 0 Å². The number of carbonyl (C=O) groups is 2. The van der Waals surface area contributed by atoms with Crippen LogP contribution in [0.15, 0.2) is 84.9 Å². The summed E-state index contributed by atoms with van der Waals surface area (Å²) < 4.78 is 38.5. The maximum Gasteiger partial charge on any atom is 0.252 e. The van der Waals surface area contributed by atoms with E-state index in [2.05, 4.69) is 57.7 Å². The van der Waals surface area contributed by atoms with Gasteiger partial charge in [0.05, 0.1) is 36.3 Å². The van der Waals surface area contributed by atoms with Crippen molar-refractivity contribution < 1.29 is 32.9 Å². The van der Waals surface area contributed by atoms with Gasteiger partial charge in [0.1, 0.15) is 30.5 Å². The molecular formula is C52H55FN6O6. The Morgan fingerprint density at radius 2 is 1.23 bits per heavy atom. The number of benzene rings is 4. The number of nitrogens with zero attached hydrogens (tertiary/aromatic N) is 4. The van der Waals surface area contributed by atoms with Crippen LogP contribution in [0.25, 0.3) is 21.8 Å². The van der Waals surface area contributed by atoms with Gasteiger partial charge in [-0.25, -0.2) is 14.4 Å². The zero-order valence-corrected chi connectivity index (χ0v) is 37.8. The normalized spacial score (nSPS) is 22.1. The Hall–Kier alpha value is -6.31. The molecule has 2 aliphatic carbocycles. The van der Waals surface area contributed by atoms with Crippen molar-refractivity contribution in [3.8, 4) is 23.3 Å². The molecule has 13 heteroatoms. The van der Waals surface area contributed by atoms with Gasteiger partial charge in [-0.05, 0) is 143 Å². The Kier molecular flexibility index (Phi) is 10.9. The van der Waals surface area contributed by atoms with Crippen LogP contribution < -0.4 is 29.6 Å². The lowest BCUT2D eigenvalue weighted by atomic mass is 9.93. The van der Waals surface area contributed by atoms with Crippen LogP contribution in [0.3, 0.4) is 0 Å². The summed E-state index contributed by atoms with van der Waals surface area (Å²) in [4.78, 5) is 42.8. The van der Waals surface area contributed by atoms with E-state index in [-0.39, 0.29) is 17.7 Å². The van der Waals surface area contributed by atoms with Gasteiger partial charge in [0.15, 0.2) is 0 Å². The monoisotopic (exact) mass is 878 g/mol. The summed E-state index contributed by atoms with van der Waals surface area (Å²) in [6.07, 6.45) is 4.23. The fourth-order valence-electron chi connectivity index (χ4n) is 9.72. The molecule has 0 bridgehead atoms. The first-order chi connectivity index (χ1) is 31.4. The maximum absolute atomic E-state index is 14.7. The van der Waals surface area contributed by atoms with Crippen LogP contribution in [-0.4, -0.2) is 98.3 Å². The van der Waals surface area contributed by atoms with E-state index < -0.39 is 16.9 Å². The van der Waals surface area contributed by atoms with Crippen molar-refractivity contribution in [1.82, 2.24) is 30.4 Å². The fourth-order valence-corrected chi connectivity index (χ4v) is 9.72. The largest absolute Gasteiger partial charge is 0.492 e. The van der Waals surface area contributed by atoms with Gasteiger partial charge in [0.25, 0.3) is 11.8 Å². The highest BCUT2D eigenvalue weighted by Gasteiger charge is 2.58. The molecule has 2 amide bonds. The molecule has 12 nitrogen and oxygen atoms in total. The summed E-state index contributed by atoms with van der Waals surface area (Å²) in [5, 5.41) is 8.47. The van der Waals surface area contributed by atoms with Crippen LogP contribution in [0.1, 0.15) is 86.6 Å². The smallest absolute Gasteiger partial charge is 0.252 e. The molecule has 4 heterocycles. The number of aromatic nitrogens is 2. The van der Waals surface area contributed by atoms with E-state index in [4.69, 9.17) is 23.9 Å². The van der Waals surface area contributed by atoms with Gasteiger partial charge in [-0.3, -0.25) is 19.4 Å². The molecule has 4 aliphatic rings. The molecule has 2 saturated carbocycles. The van der Waals surface area contributed by atoms with Crippen LogP contribution in [0.5, 0.6) is 23.3 Å². The van der Waals surface area contributed by atoms with E-state index >= 15 is 0 Å². The second-order valence-corrected chi connectivity index (χ2v) is 18.5. The molecule has 2 aliphatic heterocycles. The Bertz CT molecular complexity index is 2870. The van der Waals surface area contributed by atoms with Gasteiger partial charge in [-0.1, -0.05) is 24.3 Å². The van der Waals surface area contributed by atoms with Crippen molar-refractivity contribution in [3.63, 3.8) is 0 Å². The molecule has 336 valence electrons. The Labute approximate surface area is 378 Å². The number of likely N-dealkylation sites (tertiary alicyclic amines) is 2. The van der Waals surface area contributed by atoms with Crippen LogP contribution in [-0.2, 0) is 11.1 Å². The number of hydrogen-bond donors (Lipinski definition) is 2. The number of amides is 2. The summed E-state index contributed by atoms with van der Waals surface area (Å²) in [6.45, 7) is 7.10. The number of rotatable bonds is 15. The number of methoxy groups -OCH3 is 2. The standard InChI is InChI=1S/C52H55FN6O6/c1-30-7-11-36(64-28-34-15-19-58(34)3)23-40(30)49(60)56-51(17-18-51)42-25-47(62-5)54-45-21-32(9-13-38(42)45)44-27-52(44,43-26-48(63-6)55-46-22-33(53)10-14-39(43)46)57-50(61)41-24-37(12-8-31(41)2)65-29-35-16-20-59(35)4/h7-14,21-26,34-35,44H,15-20,27-29H2,1-6H3,(H,56,60)(H,57,61)/t34-,35?,44?,52?/m0/s1. The molecule has 3 unspecified atom stereocenters. The lowest BCUT2D eigenvalue weighted by Gasteiger charge is -2.37. The SMILES string of the molecule is COc1cc(C2(NC(=O)c3cc(OC[C@@H]4CCN4C)ccc3C)CC2)c2ccc(C3CC3(NC(=O)c3cc(OCC4CCN4C)ccc3C)c3cc(OC)nc4cc(F)ccc34)cc2n1. The number of aryl methyl sites for hydroxylation is 2. The van der Waals surface area contributed by atoms with Gasteiger partial charge in [-0.15, -0.1) is 0 Å². The first kappa shape index (κ1) is 42.6. The van der Waals surface area contributed by atoms with Gasteiger partial charge in [0.2, 0.25) is 11.8 Å². The van der Waals surface area contributed by atoms with E-state index in [0.29, 0.717) is 82.5 Å². The van der Waals surface area contributed by atoms with Crippen LogP contribution in [0.2, 0.25) is 0 Å². The quantitative estimate of drug-likeness (QED) is 0.105. The molecule has 2 saturated heterocycles. The molecular weight excluding hydrogens is 824 g/mol. The predicted molar refractivity (Wildman–Crippen MR) is 247 cm³/mol. The van der Waals surface area contributed by atoms with E-state index in [1.54, 1.807) is 13.2 Å². The van der Waals surface area contributed by atoms with E-state index in [9.17, 15) is 14.0 Å². The van der Waals surface area contributed by atoms with Crippen molar-refractivity contribution in [3.05, 3.63) is 130 Å². The zero-order valence-electron chi connectivity index (χ0n) is 37.8. The molecule has 65 heavy (non-hydrogen) atoms. The van der Waals surface area contributed by atoms with E-state index in [1.165, 1.54) is 19.2 Å². The van der Waals surface area contributed by atoms with Gasteiger partial charge < -0.3 is 29.6 Å². The third-order valence-corrected chi connectivity index (χ3v) is 14.4. The number of fused-ring (bicyclic) bond motifs is 2. The molecule has 6 aromatic rings.